The van der Waals surface area contributed by atoms with Crippen molar-refractivity contribution in [1.82, 2.24) is 5.32 Å². The van der Waals surface area contributed by atoms with Crippen LogP contribution in [0.5, 0.6) is 5.75 Å². The molecule has 1 saturated heterocycles. The van der Waals surface area contributed by atoms with Crippen molar-refractivity contribution < 1.29 is 13.9 Å². The summed E-state index contributed by atoms with van der Waals surface area (Å²) in [4.78, 5) is 0. The van der Waals surface area contributed by atoms with Crippen LogP contribution < -0.4 is 10.1 Å². The normalized spacial score (nSPS) is 23.9. The highest BCUT2D eigenvalue weighted by Gasteiger charge is 2.23. The number of hydrogen-bond donors (Lipinski definition) is 1. The zero-order valence-corrected chi connectivity index (χ0v) is 8.96. The maximum Gasteiger partial charge on any atom is 0.189 e. The molecule has 1 N–H and O–H groups in total. The van der Waals surface area contributed by atoms with E-state index < -0.39 is 0 Å². The fraction of sp³-hybridized carbons (Fsp3) is 0.500. The summed E-state index contributed by atoms with van der Waals surface area (Å²) in [5.41, 5.74) is 1.57. The Morgan fingerprint density at radius 3 is 3.12 bits per heavy atom. The second kappa shape index (κ2) is 4.03. The second-order valence-electron chi connectivity index (χ2n) is 4.28. The van der Waals surface area contributed by atoms with E-state index in [1.165, 1.54) is 0 Å². The Hall–Kier alpha value is -1.13. The minimum atomic E-state index is -0.137. The van der Waals surface area contributed by atoms with Gasteiger partial charge in [0.15, 0.2) is 6.79 Å². The molecule has 16 heavy (non-hydrogen) atoms. The minimum absolute atomic E-state index is 0.137. The molecule has 1 fully saturated rings. The van der Waals surface area contributed by atoms with Crippen molar-refractivity contribution >= 4 is 0 Å². The molecule has 86 valence electrons. The lowest BCUT2D eigenvalue weighted by molar-refractivity contribution is -0.0166. The zero-order chi connectivity index (χ0) is 11.0. The summed E-state index contributed by atoms with van der Waals surface area (Å²) >= 11 is 0. The third kappa shape index (κ3) is 1.68. The standard InChI is InChI=1S/C12H14FNO2/c13-11-3-9-6-15-7-16-12(9)4-10(11)8-1-2-14-5-8/h3-4,8,14H,1-2,5-7H2. The Kier molecular flexibility index (Phi) is 2.53. The van der Waals surface area contributed by atoms with Crippen molar-refractivity contribution in [3.63, 3.8) is 0 Å². The average molecular weight is 223 g/mol. The van der Waals surface area contributed by atoms with Gasteiger partial charge in [0, 0.05) is 18.0 Å². The van der Waals surface area contributed by atoms with Crippen LogP contribution in [0.3, 0.4) is 0 Å². The minimum Gasteiger partial charge on any atom is -0.467 e. The van der Waals surface area contributed by atoms with E-state index in [0.29, 0.717) is 6.61 Å². The van der Waals surface area contributed by atoms with Crippen LogP contribution in [0.2, 0.25) is 0 Å². The van der Waals surface area contributed by atoms with Crippen LogP contribution >= 0.6 is 0 Å². The zero-order valence-electron chi connectivity index (χ0n) is 8.96. The van der Waals surface area contributed by atoms with Gasteiger partial charge < -0.3 is 14.8 Å². The van der Waals surface area contributed by atoms with Crippen molar-refractivity contribution in [2.75, 3.05) is 19.9 Å². The summed E-state index contributed by atoms with van der Waals surface area (Å²) in [6, 6.07) is 3.38. The van der Waals surface area contributed by atoms with Crippen LogP contribution in [0.15, 0.2) is 12.1 Å². The molecule has 0 bridgehead atoms. The predicted molar refractivity (Wildman–Crippen MR) is 56.9 cm³/mol. The van der Waals surface area contributed by atoms with Crippen LogP contribution in [-0.4, -0.2) is 19.9 Å². The summed E-state index contributed by atoms with van der Waals surface area (Å²) in [5.74, 6) is 0.910. The lowest BCUT2D eigenvalue weighted by Crippen LogP contribution is -2.14. The quantitative estimate of drug-likeness (QED) is 0.787. The number of fused-ring (bicyclic) bond motifs is 1. The van der Waals surface area contributed by atoms with Crippen LogP contribution in [-0.2, 0) is 11.3 Å². The van der Waals surface area contributed by atoms with E-state index >= 15 is 0 Å². The first-order chi connectivity index (χ1) is 7.84. The number of halogens is 1. The van der Waals surface area contributed by atoms with Crippen molar-refractivity contribution in [2.45, 2.75) is 18.9 Å². The van der Waals surface area contributed by atoms with E-state index in [-0.39, 0.29) is 18.5 Å². The van der Waals surface area contributed by atoms with E-state index in [1.54, 1.807) is 6.07 Å². The first kappa shape index (κ1) is 10.1. The Morgan fingerprint density at radius 1 is 1.38 bits per heavy atom. The summed E-state index contributed by atoms with van der Waals surface area (Å²) in [6.45, 7) is 2.52. The van der Waals surface area contributed by atoms with E-state index in [2.05, 4.69) is 5.32 Å². The van der Waals surface area contributed by atoms with E-state index in [9.17, 15) is 4.39 Å². The Balaban J connectivity index is 1.98. The van der Waals surface area contributed by atoms with Gasteiger partial charge in [-0.05, 0) is 30.7 Å². The fourth-order valence-corrected chi connectivity index (χ4v) is 2.35. The molecule has 2 heterocycles. The van der Waals surface area contributed by atoms with Gasteiger partial charge in [0.2, 0.25) is 0 Å². The van der Waals surface area contributed by atoms with Crippen LogP contribution in [0, 0.1) is 5.82 Å². The number of benzene rings is 1. The average Bonchev–Trinajstić information content (AvgIpc) is 2.81. The van der Waals surface area contributed by atoms with Crippen molar-refractivity contribution in [2.24, 2.45) is 0 Å². The first-order valence-electron chi connectivity index (χ1n) is 5.58. The molecule has 3 nitrogen and oxygen atoms in total. The molecule has 0 spiro atoms. The third-order valence-corrected chi connectivity index (χ3v) is 3.24. The number of hydrogen-bond acceptors (Lipinski definition) is 3. The highest BCUT2D eigenvalue weighted by Crippen LogP contribution is 2.32. The Bertz CT molecular complexity index is 402. The first-order valence-corrected chi connectivity index (χ1v) is 5.58. The molecule has 1 atom stereocenters. The molecule has 0 aromatic heterocycles. The molecule has 3 rings (SSSR count). The van der Waals surface area contributed by atoms with Gasteiger partial charge in [-0.1, -0.05) is 0 Å². The maximum absolute atomic E-state index is 13.9. The van der Waals surface area contributed by atoms with Crippen LogP contribution in [0.25, 0.3) is 0 Å². The highest BCUT2D eigenvalue weighted by molar-refractivity contribution is 5.40. The van der Waals surface area contributed by atoms with Crippen molar-refractivity contribution in [3.8, 4) is 5.75 Å². The number of rotatable bonds is 1. The van der Waals surface area contributed by atoms with Crippen molar-refractivity contribution in [1.29, 1.82) is 0 Å². The van der Waals surface area contributed by atoms with Crippen LogP contribution in [0.1, 0.15) is 23.5 Å². The Labute approximate surface area is 93.6 Å². The molecule has 1 aromatic rings. The lowest BCUT2D eigenvalue weighted by Gasteiger charge is -2.20. The number of nitrogens with one attached hydrogen (secondary N) is 1. The molecule has 0 amide bonds. The van der Waals surface area contributed by atoms with Gasteiger partial charge in [0.05, 0.1) is 6.61 Å². The molecule has 1 unspecified atom stereocenters. The largest absolute Gasteiger partial charge is 0.467 e. The number of ether oxygens (including phenoxy) is 2. The summed E-state index contributed by atoms with van der Waals surface area (Å²) in [7, 11) is 0. The smallest absolute Gasteiger partial charge is 0.189 e. The molecular formula is C12H14FNO2. The lowest BCUT2D eigenvalue weighted by atomic mass is 9.96. The van der Waals surface area contributed by atoms with E-state index in [4.69, 9.17) is 9.47 Å². The van der Waals surface area contributed by atoms with Gasteiger partial charge in [-0.15, -0.1) is 0 Å². The predicted octanol–water partition coefficient (Wildman–Crippen LogP) is 1.77. The van der Waals surface area contributed by atoms with E-state index in [1.807, 2.05) is 6.07 Å². The molecule has 2 aliphatic rings. The molecular weight excluding hydrogens is 209 g/mol. The van der Waals surface area contributed by atoms with Gasteiger partial charge in [-0.3, -0.25) is 0 Å². The summed E-state index contributed by atoms with van der Waals surface area (Å²) in [6.07, 6.45) is 0.992. The molecule has 0 aliphatic carbocycles. The summed E-state index contributed by atoms with van der Waals surface area (Å²) in [5, 5.41) is 3.25. The van der Waals surface area contributed by atoms with Crippen molar-refractivity contribution in [3.05, 3.63) is 29.1 Å². The highest BCUT2D eigenvalue weighted by atomic mass is 19.1. The fourth-order valence-electron chi connectivity index (χ4n) is 2.35. The molecule has 4 heteroatoms. The van der Waals surface area contributed by atoms with Gasteiger partial charge in [0.25, 0.3) is 0 Å². The maximum atomic E-state index is 13.9. The third-order valence-electron chi connectivity index (χ3n) is 3.24. The molecule has 1 aromatic carbocycles. The SMILES string of the molecule is Fc1cc2c(cc1C1CCNC1)OCOC2. The van der Waals surface area contributed by atoms with Gasteiger partial charge >= 0.3 is 0 Å². The van der Waals surface area contributed by atoms with Gasteiger partial charge in [-0.2, -0.15) is 0 Å². The Morgan fingerprint density at radius 2 is 2.31 bits per heavy atom. The molecule has 0 saturated carbocycles. The topological polar surface area (TPSA) is 30.5 Å². The van der Waals surface area contributed by atoms with Gasteiger partial charge in [0.1, 0.15) is 11.6 Å². The monoisotopic (exact) mass is 223 g/mol. The summed E-state index contributed by atoms with van der Waals surface area (Å²) < 4.78 is 24.4. The second-order valence-corrected chi connectivity index (χ2v) is 4.28. The van der Waals surface area contributed by atoms with Crippen LogP contribution in [0.4, 0.5) is 4.39 Å². The molecule has 2 aliphatic heterocycles. The molecule has 0 radical (unpaired) electrons. The van der Waals surface area contributed by atoms with E-state index in [0.717, 1.165) is 36.4 Å². The van der Waals surface area contributed by atoms with Gasteiger partial charge in [-0.25, -0.2) is 4.39 Å².